The normalized spacial score (nSPS) is 11.4. The number of nitrogens with zero attached hydrogens (tertiary/aromatic N) is 2. The molecule has 0 bridgehead atoms. The number of aromatic nitrogens is 2. The van der Waals surface area contributed by atoms with Crippen LogP contribution in [-0.4, -0.2) is 29.9 Å². The molecule has 0 aliphatic heterocycles. The zero-order chi connectivity index (χ0) is 13.0. The second-order valence-corrected chi connectivity index (χ2v) is 8.24. The van der Waals surface area contributed by atoms with Crippen LogP contribution in [0.5, 0.6) is 0 Å². The fourth-order valence-electron chi connectivity index (χ4n) is 1.40. The Morgan fingerprint density at radius 3 is 1.83 bits per heavy atom. The van der Waals surface area contributed by atoms with Crippen LogP contribution in [0, 0.1) is 0 Å². The SMILES string of the molecule is CS(=O)(=O)P=C(c1ccccn1)c1ccccn1. The van der Waals surface area contributed by atoms with Crippen molar-refractivity contribution in [3.63, 3.8) is 0 Å². The van der Waals surface area contributed by atoms with E-state index in [4.69, 9.17) is 0 Å². The Morgan fingerprint density at radius 2 is 1.50 bits per heavy atom. The van der Waals surface area contributed by atoms with Crippen molar-refractivity contribution in [1.29, 1.82) is 0 Å². The molecule has 92 valence electrons. The highest BCUT2D eigenvalue weighted by Crippen LogP contribution is 2.18. The van der Waals surface area contributed by atoms with Gasteiger partial charge in [0.05, 0.1) is 16.7 Å². The molecule has 0 aromatic carbocycles. The molecular weight excluding hydrogens is 267 g/mol. The lowest BCUT2D eigenvalue weighted by atomic mass is 10.2. The number of rotatable bonds is 3. The molecule has 2 heterocycles. The maximum atomic E-state index is 11.5. The van der Waals surface area contributed by atoms with E-state index in [9.17, 15) is 8.42 Å². The minimum absolute atomic E-state index is 0.212. The van der Waals surface area contributed by atoms with Crippen LogP contribution in [0.25, 0.3) is 0 Å². The van der Waals surface area contributed by atoms with Crippen molar-refractivity contribution in [2.75, 3.05) is 6.26 Å². The maximum Gasteiger partial charge on any atom is 0.191 e. The van der Waals surface area contributed by atoms with Gasteiger partial charge in [0.2, 0.25) is 0 Å². The molecule has 0 N–H and O–H groups in total. The molecule has 0 unspecified atom stereocenters. The fourth-order valence-corrected chi connectivity index (χ4v) is 3.74. The van der Waals surface area contributed by atoms with Gasteiger partial charge in [0, 0.05) is 26.1 Å². The first kappa shape index (κ1) is 12.9. The van der Waals surface area contributed by atoms with E-state index in [0.29, 0.717) is 16.7 Å². The Hall–Kier alpha value is -1.58. The predicted octanol–water partition coefficient (Wildman–Crippen LogP) is 1.95. The van der Waals surface area contributed by atoms with Gasteiger partial charge in [-0.2, -0.15) is 0 Å². The summed E-state index contributed by atoms with van der Waals surface area (Å²) in [6.07, 6.45) is 4.46. The first-order chi connectivity index (χ1) is 8.56. The summed E-state index contributed by atoms with van der Waals surface area (Å²) in [4.78, 5) is 8.38. The fraction of sp³-hybridized carbons (Fsp3) is 0.0833. The summed E-state index contributed by atoms with van der Waals surface area (Å²) >= 11 is 0. The quantitative estimate of drug-likeness (QED) is 0.805. The van der Waals surface area contributed by atoms with Crippen LogP contribution in [-0.2, 0) is 9.46 Å². The van der Waals surface area contributed by atoms with Crippen molar-refractivity contribution in [3.8, 4) is 0 Å². The Morgan fingerprint density at radius 1 is 1.00 bits per heavy atom. The standard InChI is InChI=1S/C12H11N2O2PS/c1-18(15,16)17-12(10-6-2-4-8-13-10)11-7-3-5-9-14-11/h2-9H,1H3. The number of hydrogen-bond donors (Lipinski definition) is 0. The molecule has 2 rings (SSSR count). The van der Waals surface area contributed by atoms with Crippen LogP contribution < -0.4 is 0 Å². The van der Waals surface area contributed by atoms with E-state index in [2.05, 4.69) is 9.97 Å². The summed E-state index contributed by atoms with van der Waals surface area (Å²) in [6.45, 7) is 0. The highest BCUT2D eigenvalue weighted by molar-refractivity contribution is 8.42. The van der Waals surface area contributed by atoms with Crippen molar-refractivity contribution in [1.82, 2.24) is 9.97 Å². The Bertz CT molecular complexity index is 613. The van der Waals surface area contributed by atoms with Crippen molar-refractivity contribution < 1.29 is 8.42 Å². The molecule has 0 amide bonds. The lowest BCUT2D eigenvalue weighted by molar-refractivity contribution is 0.615. The van der Waals surface area contributed by atoms with Crippen LogP contribution >= 0.6 is 7.41 Å². The lowest BCUT2D eigenvalue weighted by Gasteiger charge is -2.04. The Labute approximate surface area is 107 Å². The van der Waals surface area contributed by atoms with E-state index in [-0.39, 0.29) is 7.41 Å². The zero-order valence-electron chi connectivity index (χ0n) is 9.69. The highest BCUT2D eigenvalue weighted by atomic mass is 32.7. The minimum Gasteiger partial charge on any atom is -0.256 e. The third-order valence-electron chi connectivity index (χ3n) is 2.07. The Kier molecular flexibility index (Phi) is 3.84. The molecule has 18 heavy (non-hydrogen) atoms. The van der Waals surface area contributed by atoms with Gasteiger partial charge in [-0.3, -0.25) is 9.97 Å². The molecule has 2 aromatic rings. The first-order valence-electron chi connectivity index (χ1n) is 5.19. The third kappa shape index (κ3) is 3.45. The average Bonchev–Trinajstić information content (AvgIpc) is 2.37. The van der Waals surface area contributed by atoms with Crippen LogP contribution in [0.3, 0.4) is 0 Å². The van der Waals surface area contributed by atoms with E-state index in [1.165, 1.54) is 6.26 Å². The summed E-state index contributed by atoms with van der Waals surface area (Å²) in [5.41, 5.74) is 1.26. The summed E-state index contributed by atoms with van der Waals surface area (Å²) in [7, 11) is -2.95. The molecule has 6 heteroatoms. The monoisotopic (exact) mass is 278 g/mol. The van der Waals surface area contributed by atoms with Gasteiger partial charge in [0.25, 0.3) is 0 Å². The average molecular weight is 278 g/mol. The van der Waals surface area contributed by atoms with Gasteiger partial charge in [-0.25, -0.2) is 8.42 Å². The van der Waals surface area contributed by atoms with Crippen molar-refractivity contribution in [3.05, 3.63) is 60.2 Å². The minimum atomic E-state index is -3.16. The molecule has 0 atom stereocenters. The molecule has 2 aromatic heterocycles. The topological polar surface area (TPSA) is 59.9 Å². The lowest BCUT2D eigenvalue weighted by Crippen LogP contribution is -2.06. The van der Waals surface area contributed by atoms with Crippen LogP contribution in [0.2, 0.25) is 0 Å². The molecule has 0 saturated carbocycles. The zero-order valence-corrected chi connectivity index (χ0v) is 11.4. The van der Waals surface area contributed by atoms with Crippen molar-refractivity contribution in [2.24, 2.45) is 0 Å². The van der Waals surface area contributed by atoms with E-state index in [0.717, 1.165) is 0 Å². The van der Waals surface area contributed by atoms with Gasteiger partial charge in [-0.1, -0.05) is 12.1 Å². The predicted molar refractivity (Wildman–Crippen MR) is 73.4 cm³/mol. The maximum absolute atomic E-state index is 11.5. The molecular formula is C12H11N2O2PS. The van der Waals surface area contributed by atoms with E-state index >= 15 is 0 Å². The van der Waals surface area contributed by atoms with Gasteiger partial charge in [0.1, 0.15) is 0 Å². The molecule has 4 nitrogen and oxygen atoms in total. The van der Waals surface area contributed by atoms with Crippen molar-refractivity contribution >= 4 is 22.2 Å². The van der Waals surface area contributed by atoms with Crippen LogP contribution in [0.4, 0.5) is 0 Å². The third-order valence-corrected chi connectivity index (χ3v) is 4.59. The molecule has 0 fully saturated rings. The van der Waals surface area contributed by atoms with Gasteiger partial charge in [-0.05, 0) is 24.3 Å². The summed E-state index contributed by atoms with van der Waals surface area (Å²) < 4.78 is 23.0. The smallest absolute Gasteiger partial charge is 0.191 e. The highest BCUT2D eigenvalue weighted by Gasteiger charge is 2.11. The van der Waals surface area contributed by atoms with Gasteiger partial charge < -0.3 is 0 Å². The van der Waals surface area contributed by atoms with Crippen LogP contribution in [0.1, 0.15) is 11.4 Å². The molecule has 0 spiro atoms. The first-order valence-corrected chi connectivity index (χ1v) is 8.58. The molecule has 0 aliphatic rings. The Balaban J connectivity index is 2.60. The number of pyridine rings is 2. The van der Waals surface area contributed by atoms with Crippen LogP contribution in [0.15, 0.2) is 48.8 Å². The summed E-state index contributed by atoms with van der Waals surface area (Å²) in [5, 5.41) is 0.596. The van der Waals surface area contributed by atoms with Gasteiger partial charge in [0.15, 0.2) is 9.46 Å². The summed E-state index contributed by atoms with van der Waals surface area (Å²) in [6, 6.07) is 10.8. The summed E-state index contributed by atoms with van der Waals surface area (Å²) in [5.74, 6) is 0. The second kappa shape index (κ2) is 5.38. The van der Waals surface area contributed by atoms with E-state index in [1.54, 1.807) is 36.7 Å². The van der Waals surface area contributed by atoms with E-state index < -0.39 is 9.46 Å². The molecule has 0 aliphatic carbocycles. The van der Waals surface area contributed by atoms with E-state index in [1.807, 2.05) is 12.1 Å². The second-order valence-electron chi connectivity index (χ2n) is 3.60. The largest absolute Gasteiger partial charge is 0.256 e. The molecule has 0 radical (unpaired) electrons. The number of hydrogen-bond acceptors (Lipinski definition) is 4. The van der Waals surface area contributed by atoms with Gasteiger partial charge in [-0.15, -0.1) is 0 Å². The van der Waals surface area contributed by atoms with Crippen molar-refractivity contribution in [2.45, 2.75) is 0 Å². The molecule has 0 saturated heterocycles. The van der Waals surface area contributed by atoms with Gasteiger partial charge >= 0.3 is 0 Å².